The molecule has 0 saturated carbocycles. The van der Waals surface area contributed by atoms with Crippen LogP contribution in [0, 0.1) is 11.5 Å². The highest BCUT2D eigenvalue weighted by molar-refractivity contribution is 5.85. The van der Waals surface area contributed by atoms with E-state index >= 15 is 0 Å². The van der Waals surface area contributed by atoms with E-state index in [0.717, 1.165) is 53.3 Å². The van der Waals surface area contributed by atoms with Crippen molar-refractivity contribution in [3.63, 3.8) is 0 Å². The molecule has 4 aromatic rings. The van der Waals surface area contributed by atoms with Crippen molar-refractivity contribution in [1.82, 2.24) is 29.3 Å². The van der Waals surface area contributed by atoms with Crippen LogP contribution in [-0.4, -0.2) is 54.5 Å². The first-order valence-corrected chi connectivity index (χ1v) is 13.3. The van der Waals surface area contributed by atoms with Gasteiger partial charge in [0.2, 0.25) is 0 Å². The molecule has 0 spiro atoms. The maximum absolute atomic E-state index is 9.44. The van der Waals surface area contributed by atoms with Crippen molar-refractivity contribution in [2.45, 2.75) is 46.3 Å². The number of allylic oxidation sites excluding steroid dienone is 4. The molecule has 0 aliphatic carbocycles. The summed E-state index contributed by atoms with van der Waals surface area (Å²) in [6.45, 7) is 10.8. The molecule has 3 aromatic heterocycles. The molecule has 1 aliphatic heterocycles. The number of imidazole rings is 1. The average Bonchev–Trinajstić information content (AvgIpc) is 3.31. The fraction of sp³-hybridized carbons (Fsp3) is 0.290. The van der Waals surface area contributed by atoms with Gasteiger partial charge in [-0.2, -0.15) is 5.26 Å². The molecule has 1 aromatic carbocycles. The first-order chi connectivity index (χ1) is 18.9. The maximum atomic E-state index is 9.44. The van der Waals surface area contributed by atoms with E-state index in [9.17, 15) is 5.26 Å². The molecule has 198 valence electrons. The fourth-order valence-corrected chi connectivity index (χ4v) is 5.43. The lowest BCUT2D eigenvalue weighted by Crippen LogP contribution is -2.54. The lowest BCUT2D eigenvalue weighted by Gasteiger charge is -2.41. The molecule has 0 bridgehead atoms. The van der Waals surface area contributed by atoms with Crippen molar-refractivity contribution in [3.8, 4) is 23.3 Å². The summed E-state index contributed by atoms with van der Waals surface area (Å²) >= 11 is 0. The molecule has 2 atom stereocenters. The van der Waals surface area contributed by atoms with Crippen LogP contribution in [0.3, 0.4) is 0 Å². The van der Waals surface area contributed by atoms with E-state index in [2.05, 4.69) is 70.9 Å². The van der Waals surface area contributed by atoms with Gasteiger partial charge in [-0.3, -0.25) is 9.47 Å². The van der Waals surface area contributed by atoms with Crippen LogP contribution in [0.25, 0.3) is 33.8 Å². The molecule has 39 heavy (non-hydrogen) atoms. The summed E-state index contributed by atoms with van der Waals surface area (Å²) in [7, 11) is 0. The van der Waals surface area contributed by atoms with Crippen molar-refractivity contribution in [3.05, 3.63) is 84.2 Å². The molecular formula is C31H34N8. The second-order valence-corrected chi connectivity index (χ2v) is 10.1. The van der Waals surface area contributed by atoms with E-state index in [1.165, 1.54) is 5.56 Å². The number of pyridine rings is 2. The van der Waals surface area contributed by atoms with Crippen molar-refractivity contribution in [2.75, 3.05) is 18.8 Å². The molecule has 1 saturated heterocycles. The zero-order valence-corrected chi connectivity index (χ0v) is 22.9. The van der Waals surface area contributed by atoms with Crippen molar-refractivity contribution in [2.24, 2.45) is 0 Å². The first-order valence-electron chi connectivity index (χ1n) is 13.3. The molecule has 4 heterocycles. The minimum atomic E-state index is 0.202. The van der Waals surface area contributed by atoms with Gasteiger partial charge in [0.15, 0.2) is 17.7 Å². The predicted octanol–water partition coefficient (Wildman–Crippen LogP) is 5.42. The Morgan fingerprint density at radius 3 is 2.44 bits per heavy atom. The van der Waals surface area contributed by atoms with E-state index < -0.39 is 0 Å². The summed E-state index contributed by atoms with van der Waals surface area (Å²) in [6, 6.07) is 16.8. The Bertz CT molecular complexity index is 1560. The minimum absolute atomic E-state index is 0.202. The Morgan fingerprint density at radius 1 is 1.05 bits per heavy atom. The lowest BCUT2D eigenvalue weighted by atomic mass is 10.1. The summed E-state index contributed by atoms with van der Waals surface area (Å²) < 4.78 is 2.06. The number of rotatable bonds is 6. The van der Waals surface area contributed by atoms with Gasteiger partial charge in [-0.1, -0.05) is 30.4 Å². The predicted molar refractivity (Wildman–Crippen MR) is 157 cm³/mol. The maximum Gasteiger partial charge on any atom is 0.179 e. The van der Waals surface area contributed by atoms with Gasteiger partial charge in [0.05, 0.1) is 11.3 Å². The van der Waals surface area contributed by atoms with E-state index in [-0.39, 0.29) is 12.1 Å². The molecule has 0 amide bonds. The second kappa shape index (κ2) is 11.1. The van der Waals surface area contributed by atoms with E-state index in [1.807, 2.05) is 49.1 Å². The van der Waals surface area contributed by atoms with E-state index in [0.29, 0.717) is 11.6 Å². The number of anilines is 1. The zero-order valence-electron chi connectivity index (χ0n) is 22.9. The van der Waals surface area contributed by atoms with Crippen LogP contribution in [0.1, 0.15) is 39.0 Å². The largest absolute Gasteiger partial charge is 0.383 e. The summed E-state index contributed by atoms with van der Waals surface area (Å²) in [5, 5.41) is 9.44. The highest BCUT2D eigenvalue weighted by Gasteiger charge is 2.28. The van der Waals surface area contributed by atoms with Crippen LogP contribution >= 0.6 is 0 Å². The molecule has 1 fully saturated rings. The topological polar surface area (TPSA) is 99.9 Å². The van der Waals surface area contributed by atoms with Crippen molar-refractivity contribution < 1.29 is 0 Å². The van der Waals surface area contributed by atoms with Crippen LogP contribution in [0.5, 0.6) is 0 Å². The number of piperazine rings is 1. The van der Waals surface area contributed by atoms with Crippen molar-refractivity contribution >= 4 is 22.6 Å². The number of nitriles is 1. The molecule has 8 heteroatoms. The van der Waals surface area contributed by atoms with Gasteiger partial charge < -0.3 is 10.6 Å². The Balaban J connectivity index is 1.55. The highest BCUT2D eigenvalue weighted by Crippen LogP contribution is 2.31. The van der Waals surface area contributed by atoms with Gasteiger partial charge in [0, 0.05) is 43.6 Å². The smallest absolute Gasteiger partial charge is 0.179 e. The zero-order chi connectivity index (χ0) is 27.5. The summed E-state index contributed by atoms with van der Waals surface area (Å²) in [4.78, 5) is 18.6. The van der Waals surface area contributed by atoms with Crippen LogP contribution < -0.4 is 5.73 Å². The van der Waals surface area contributed by atoms with E-state index in [1.54, 1.807) is 6.20 Å². The third-order valence-corrected chi connectivity index (χ3v) is 7.25. The fourth-order valence-electron chi connectivity index (χ4n) is 5.43. The molecule has 1 aliphatic rings. The van der Waals surface area contributed by atoms with Crippen LogP contribution in [0.15, 0.2) is 73.0 Å². The average molecular weight is 519 g/mol. The van der Waals surface area contributed by atoms with Crippen LogP contribution in [0.2, 0.25) is 0 Å². The Hall–Kier alpha value is -4.48. The summed E-state index contributed by atoms with van der Waals surface area (Å²) in [5.74, 6) is 1.13. The number of benzene rings is 1. The number of nitrogens with two attached hydrogens (primary N) is 1. The normalized spacial score (nSPS) is 18.6. The number of fused-ring (bicyclic) bond motifs is 1. The second-order valence-electron chi connectivity index (χ2n) is 10.1. The monoisotopic (exact) mass is 518 g/mol. The lowest BCUT2D eigenvalue weighted by molar-refractivity contribution is 0.0777. The van der Waals surface area contributed by atoms with Crippen LogP contribution in [0.4, 0.5) is 5.82 Å². The number of hydrogen-bond donors (Lipinski definition) is 1. The van der Waals surface area contributed by atoms with Gasteiger partial charge in [0.25, 0.3) is 0 Å². The third-order valence-electron chi connectivity index (χ3n) is 7.25. The van der Waals surface area contributed by atoms with Gasteiger partial charge >= 0.3 is 0 Å². The standard InChI is InChI=1S/C31H34N8/c1-5-8-24(6-2)27-14-15-28-31(35-27)39(30(36-28)26-9-7-16-34-29(26)33)25-12-10-23(11-13-25)19-37-17-21(3)38(20-32)22(4)18-37/h5-16,21-22H,17-19H2,1-4H3,(H2,33,34)/b8-5-,24-6+/t21-,22?/m0/s1. The molecule has 8 nitrogen and oxygen atoms in total. The molecular weight excluding hydrogens is 484 g/mol. The Labute approximate surface area is 229 Å². The molecule has 2 N–H and O–H groups in total. The van der Waals surface area contributed by atoms with E-state index in [4.69, 9.17) is 15.7 Å². The summed E-state index contributed by atoms with van der Waals surface area (Å²) in [5.41, 5.74) is 12.7. The van der Waals surface area contributed by atoms with Gasteiger partial charge in [-0.05, 0) is 75.2 Å². The number of aromatic nitrogens is 4. The summed E-state index contributed by atoms with van der Waals surface area (Å²) in [6.07, 6.45) is 10.2. The SMILES string of the molecule is C/C=C\C(=C/C)c1ccc2nc(-c3cccnc3N)n(-c3ccc(CN4CC(C)N(C#N)[C@@H](C)C4)cc3)c2n1. The molecule has 5 rings (SSSR count). The number of nitrogens with zero attached hydrogens (tertiary/aromatic N) is 7. The van der Waals surface area contributed by atoms with Gasteiger partial charge in [0.1, 0.15) is 11.3 Å². The quantitative estimate of drug-likeness (QED) is 0.269. The third kappa shape index (κ3) is 5.14. The Kier molecular flexibility index (Phi) is 7.44. The van der Waals surface area contributed by atoms with Gasteiger partial charge in [-0.25, -0.2) is 15.0 Å². The minimum Gasteiger partial charge on any atom is -0.383 e. The number of nitrogen functional groups attached to an aromatic ring is 1. The first kappa shape index (κ1) is 26.1. The van der Waals surface area contributed by atoms with Gasteiger partial charge in [-0.15, -0.1) is 0 Å². The number of hydrogen-bond acceptors (Lipinski definition) is 7. The van der Waals surface area contributed by atoms with Crippen LogP contribution in [-0.2, 0) is 6.54 Å². The highest BCUT2D eigenvalue weighted by atomic mass is 15.3. The molecule has 0 radical (unpaired) electrons. The van der Waals surface area contributed by atoms with Crippen molar-refractivity contribution in [1.29, 1.82) is 5.26 Å². The Morgan fingerprint density at radius 2 is 1.79 bits per heavy atom. The molecule has 1 unspecified atom stereocenters.